The molecule has 1 aliphatic heterocycles. The van der Waals surface area contributed by atoms with Gasteiger partial charge in [0.2, 0.25) is 0 Å². The van der Waals surface area contributed by atoms with Crippen molar-refractivity contribution in [3.63, 3.8) is 0 Å². The zero-order chi connectivity index (χ0) is 15.1. The van der Waals surface area contributed by atoms with Gasteiger partial charge < -0.3 is 9.47 Å². The van der Waals surface area contributed by atoms with Gasteiger partial charge in [0.05, 0.1) is 23.8 Å². The summed E-state index contributed by atoms with van der Waals surface area (Å²) in [4.78, 5) is 29.2. The Balaban J connectivity index is 1.80. The summed E-state index contributed by atoms with van der Waals surface area (Å²) in [5, 5.41) is 0.846. The van der Waals surface area contributed by atoms with Crippen LogP contribution in [0.1, 0.15) is 11.5 Å². The van der Waals surface area contributed by atoms with Crippen molar-refractivity contribution in [2.45, 2.75) is 13.1 Å². The molecule has 0 fully saturated rings. The third-order valence-corrected chi connectivity index (χ3v) is 3.88. The van der Waals surface area contributed by atoms with Crippen LogP contribution >= 0.6 is 0 Å². The number of pyridine rings is 1. The normalized spacial score (nSPS) is 14.1. The molecule has 3 aromatic heterocycles. The molecule has 3 aromatic rings. The molecule has 4 rings (SSSR count). The van der Waals surface area contributed by atoms with Crippen LogP contribution in [0, 0.1) is 0 Å². The summed E-state index contributed by atoms with van der Waals surface area (Å²) in [5.41, 5.74) is 1.26. The molecule has 0 saturated carbocycles. The number of H-pyrrole nitrogens is 1. The van der Waals surface area contributed by atoms with Gasteiger partial charge in [-0.3, -0.25) is 4.98 Å². The molecular weight excluding hydrogens is 280 g/mol. The molecular formula is C15H14N6O. The topological polar surface area (TPSA) is 79.7 Å². The molecule has 7 heteroatoms. The monoisotopic (exact) mass is 294 g/mol. The Morgan fingerprint density at radius 2 is 2.23 bits per heavy atom. The predicted molar refractivity (Wildman–Crippen MR) is 83.5 cm³/mol. The minimum absolute atomic E-state index is 0.382. The highest BCUT2D eigenvalue weighted by atomic mass is 16.1. The van der Waals surface area contributed by atoms with E-state index in [2.05, 4.69) is 36.0 Å². The fourth-order valence-corrected chi connectivity index (χ4v) is 2.86. The van der Waals surface area contributed by atoms with Gasteiger partial charge in [0, 0.05) is 19.3 Å². The van der Waals surface area contributed by atoms with Gasteiger partial charge in [-0.15, -0.1) is 0 Å². The Kier molecular flexibility index (Phi) is 2.78. The van der Waals surface area contributed by atoms with E-state index in [0.717, 1.165) is 30.0 Å². The van der Waals surface area contributed by atoms with E-state index in [1.54, 1.807) is 12.3 Å². The summed E-state index contributed by atoms with van der Waals surface area (Å²) in [7, 11) is 0. The van der Waals surface area contributed by atoms with E-state index in [1.807, 2.05) is 18.3 Å². The van der Waals surface area contributed by atoms with E-state index in [-0.39, 0.29) is 5.69 Å². The number of hydrogen-bond acceptors (Lipinski definition) is 5. The SMILES string of the molecule is C=Cc1ncc2n1CCN(c1nc(=O)[nH]c3ncccc13)C2. The Morgan fingerprint density at radius 1 is 1.32 bits per heavy atom. The summed E-state index contributed by atoms with van der Waals surface area (Å²) in [6, 6.07) is 3.76. The number of aromatic nitrogens is 5. The summed E-state index contributed by atoms with van der Waals surface area (Å²) in [6.07, 6.45) is 5.25. The molecule has 7 nitrogen and oxygen atoms in total. The number of hydrogen-bond donors (Lipinski definition) is 1. The maximum absolute atomic E-state index is 11.8. The van der Waals surface area contributed by atoms with Gasteiger partial charge in [-0.05, 0) is 18.2 Å². The van der Waals surface area contributed by atoms with Crippen LogP contribution in [0.3, 0.4) is 0 Å². The lowest BCUT2D eigenvalue weighted by molar-refractivity contribution is 0.564. The average Bonchev–Trinajstić information content (AvgIpc) is 2.96. The minimum Gasteiger partial charge on any atom is -0.348 e. The van der Waals surface area contributed by atoms with E-state index >= 15 is 0 Å². The standard InChI is InChI=1S/C15H14N6O/c1-2-12-17-8-10-9-20(6-7-21(10)12)14-11-4-3-5-16-13(11)18-15(22)19-14/h2-5,8H,1,6-7,9H2,(H,16,18,19,22). The second kappa shape index (κ2) is 4.80. The highest BCUT2D eigenvalue weighted by Crippen LogP contribution is 2.25. The molecule has 0 amide bonds. The quantitative estimate of drug-likeness (QED) is 0.767. The molecule has 0 spiro atoms. The van der Waals surface area contributed by atoms with Crippen molar-refractivity contribution in [1.29, 1.82) is 0 Å². The summed E-state index contributed by atoms with van der Waals surface area (Å²) >= 11 is 0. The minimum atomic E-state index is -0.382. The van der Waals surface area contributed by atoms with Gasteiger partial charge >= 0.3 is 5.69 Å². The molecule has 0 bridgehead atoms. The van der Waals surface area contributed by atoms with Crippen LogP contribution in [0.25, 0.3) is 17.1 Å². The van der Waals surface area contributed by atoms with Crippen molar-refractivity contribution in [2.24, 2.45) is 0 Å². The number of rotatable bonds is 2. The molecule has 0 aromatic carbocycles. The second-order valence-corrected chi connectivity index (χ2v) is 5.15. The van der Waals surface area contributed by atoms with Crippen molar-refractivity contribution in [1.82, 2.24) is 24.5 Å². The summed E-state index contributed by atoms with van der Waals surface area (Å²) in [6.45, 7) is 5.97. The lowest BCUT2D eigenvalue weighted by Gasteiger charge is -2.30. The molecule has 0 atom stereocenters. The molecule has 4 heterocycles. The first-order valence-electron chi connectivity index (χ1n) is 7.03. The van der Waals surface area contributed by atoms with Crippen LogP contribution < -0.4 is 10.6 Å². The Hall–Kier alpha value is -2.96. The third-order valence-electron chi connectivity index (χ3n) is 3.88. The van der Waals surface area contributed by atoms with E-state index in [4.69, 9.17) is 0 Å². The molecule has 0 radical (unpaired) electrons. The Bertz CT molecular complexity index is 925. The molecule has 22 heavy (non-hydrogen) atoms. The van der Waals surface area contributed by atoms with Crippen molar-refractivity contribution in [3.05, 3.63) is 53.1 Å². The zero-order valence-electron chi connectivity index (χ0n) is 11.9. The van der Waals surface area contributed by atoms with E-state index in [9.17, 15) is 4.79 Å². The third kappa shape index (κ3) is 1.90. The Morgan fingerprint density at radius 3 is 3.09 bits per heavy atom. The van der Waals surface area contributed by atoms with Crippen LogP contribution in [0.5, 0.6) is 0 Å². The number of aromatic amines is 1. The molecule has 0 unspecified atom stereocenters. The maximum Gasteiger partial charge on any atom is 0.348 e. The van der Waals surface area contributed by atoms with Gasteiger partial charge in [0.1, 0.15) is 17.3 Å². The van der Waals surface area contributed by atoms with Crippen LogP contribution in [-0.2, 0) is 13.1 Å². The van der Waals surface area contributed by atoms with Crippen LogP contribution in [0.2, 0.25) is 0 Å². The van der Waals surface area contributed by atoms with Crippen LogP contribution in [0.4, 0.5) is 5.82 Å². The van der Waals surface area contributed by atoms with Crippen molar-refractivity contribution in [3.8, 4) is 0 Å². The lowest BCUT2D eigenvalue weighted by Crippen LogP contribution is -2.35. The smallest absolute Gasteiger partial charge is 0.348 e. The van der Waals surface area contributed by atoms with Gasteiger partial charge in [-0.1, -0.05) is 6.58 Å². The number of nitrogens with zero attached hydrogens (tertiary/aromatic N) is 5. The van der Waals surface area contributed by atoms with Crippen molar-refractivity contribution >= 4 is 22.9 Å². The predicted octanol–water partition coefficient (Wildman–Crippen LogP) is 1.18. The van der Waals surface area contributed by atoms with Crippen LogP contribution in [0.15, 0.2) is 35.9 Å². The zero-order valence-corrected chi connectivity index (χ0v) is 11.9. The second-order valence-electron chi connectivity index (χ2n) is 5.15. The maximum atomic E-state index is 11.8. The fraction of sp³-hybridized carbons (Fsp3) is 0.200. The Labute approximate surface area is 126 Å². The van der Waals surface area contributed by atoms with Crippen molar-refractivity contribution < 1.29 is 0 Å². The summed E-state index contributed by atoms with van der Waals surface area (Å²) < 4.78 is 2.14. The molecule has 110 valence electrons. The molecule has 0 aliphatic carbocycles. The number of imidazole rings is 1. The number of fused-ring (bicyclic) bond motifs is 2. The van der Waals surface area contributed by atoms with Gasteiger partial charge in [-0.25, -0.2) is 14.8 Å². The lowest BCUT2D eigenvalue weighted by atomic mass is 10.2. The first-order chi connectivity index (χ1) is 10.8. The van der Waals surface area contributed by atoms with Gasteiger partial charge in [0.15, 0.2) is 0 Å². The largest absolute Gasteiger partial charge is 0.348 e. The number of nitrogens with one attached hydrogen (secondary N) is 1. The molecule has 1 aliphatic rings. The highest BCUT2D eigenvalue weighted by Gasteiger charge is 2.21. The average molecular weight is 294 g/mol. The first-order valence-corrected chi connectivity index (χ1v) is 7.03. The van der Waals surface area contributed by atoms with E-state index < -0.39 is 0 Å². The molecule has 0 saturated heterocycles. The van der Waals surface area contributed by atoms with Crippen molar-refractivity contribution in [2.75, 3.05) is 11.4 Å². The highest BCUT2D eigenvalue weighted by molar-refractivity contribution is 5.86. The van der Waals surface area contributed by atoms with Gasteiger partial charge in [0.25, 0.3) is 0 Å². The van der Waals surface area contributed by atoms with Crippen LogP contribution in [-0.4, -0.2) is 31.0 Å². The number of anilines is 1. The molecule has 1 N–H and O–H groups in total. The van der Waals surface area contributed by atoms with Gasteiger partial charge in [-0.2, -0.15) is 4.98 Å². The summed E-state index contributed by atoms with van der Waals surface area (Å²) in [5.74, 6) is 1.54. The van der Waals surface area contributed by atoms with E-state index in [1.165, 1.54) is 0 Å². The fourth-order valence-electron chi connectivity index (χ4n) is 2.86. The first kappa shape index (κ1) is 12.8. The van der Waals surface area contributed by atoms with E-state index in [0.29, 0.717) is 18.0 Å².